The van der Waals surface area contributed by atoms with E-state index in [2.05, 4.69) is 6.58 Å². The molecule has 1 rings (SSSR count). The van der Waals surface area contributed by atoms with E-state index >= 15 is 0 Å². The first-order valence-corrected chi connectivity index (χ1v) is 4.87. The quantitative estimate of drug-likeness (QED) is 0.436. The van der Waals surface area contributed by atoms with Gasteiger partial charge in [-0.3, -0.25) is 0 Å². The topological polar surface area (TPSA) is 55.8 Å². The first kappa shape index (κ1) is 12.3. The summed E-state index contributed by atoms with van der Waals surface area (Å²) in [5.41, 5.74) is 0.139. The van der Waals surface area contributed by atoms with Crippen molar-refractivity contribution in [2.45, 2.75) is 6.42 Å². The predicted octanol–water partition coefficient (Wildman–Crippen LogP) is 2.07. The average molecular weight is 222 g/mol. The monoisotopic (exact) mass is 222 g/mol. The molecule has 0 atom stereocenters. The van der Waals surface area contributed by atoms with Crippen LogP contribution in [0.2, 0.25) is 0 Å². The highest BCUT2D eigenvalue weighted by atomic mass is 16.7. The fourth-order valence-electron chi connectivity index (χ4n) is 0.988. The van der Waals surface area contributed by atoms with E-state index in [-0.39, 0.29) is 19.0 Å². The number of ether oxygens (including phenoxy) is 2. The summed E-state index contributed by atoms with van der Waals surface area (Å²) in [4.78, 5) is 10.4. The van der Waals surface area contributed by atoms with Crippen LogP contribution < -0.4 is 4.74 Å². The van der Waals surface area contributed by atoms with E-state index in [1.807, 2.05) is 30.3 Å². The summed E-state index contributed by atoms with van der Waals surface area (Å²) >= 11 is 0. The van der Waals surface area contributed by atoms with Crippen LogP contribution in [-0.2, 0) is 9.53 Å². The van der Waals surface area contributed by atoms with E-state index < -0.39 is 5.97 Å². The number of hydrogen-bond donors (Lipinski definition) is 1. The molecule has 0 aromatic heterocycles. The summed E-state index contributed by atoms with van der Waals surface area (Å²) in [5.74, 6) is -0.271. The third-order valence-corrected chi connectivity index (χ3v) is 1.90. The summed E-state index contributed by atoms with van der Waals surface area (Å²) < 4.78 is 10.4. The van der Waals surface area contributed by atoms with Gasteiger partial charge in [-0.15, -0.1) is 0 Å². The van der Waals surface area contributed by atoms with Gasteiger partial charge < -0.3 is 14.6 Å². The highest BCUT2D eigenvalue weighted by Crippen LogP contribution is 2.08. The van der Waals surface area contributed by atoms with Crippen molar-refractivity contribution in [2.24, 2.45) is 0 Å². The second-order valence-electron chi connectivity index (χ2n) is 3.14. The molecule has 86 valence electrons. The van der Waals surface area contributed by atoms with Gasteiger partial charge in [-0.05, 0) is 12.1 Å². The third kappa shape index (κ3) is 4.61. The van der Waals surface area contributed by atoms with Crippen molar-refractivity contribution < 1.29 is 19.4 Å². The molecular formula is C12H14O4. The van der Waals surface area contributed by atoms with Crippen LogP contribution in [0.5, 0.6) is 5.75 Å². The van der Waals surface area contributed by atoms with Crippen LogP contribution in [0.1, 0.15) is 6.42 Å². The van der Waals surface area contributed by atoms with Gasteiger partial charge in [0.05, 0.1) is 6.61 Å². The maximum Gasteiger partial charge on any atom is 0.331 e. The molecule has 0 saturated heterocycles. The summed E-state index contributed by atoms with van der Waals surface area (Å²) in [6.07, 6.45) is 0.299. The van der Waals surface area contributed by atoms with Gasteiger partial charge in [-0.1, -0.05) is 24.8 Å². The van der Waals surface area contributed by atoms with Crippen molar-refractivity contribution in [3.63, 3.8) is 0 Å². The summed E-state index contributed by atoms with van der Waals surface area (Å²) in [6, 6.07) is 9.26. The van der Waals surface area contributed by atoms with E-state index in [0.29, 0.717) is 6.42 Å². The number of carboxylic acid groups (broad SMARTS) is 1. The normalized spacial score (nSPS) is 9.75. The zero-order valence-electron chi connectivity index (χ0n) is 8.89. The lowest BCUT2D eigenvalue weighted by molar-refractivity contribution is -0.133. The maximum atomic E-state index is 10.4. The lowest BCUT2D eigenvalue weighted by atomic mass is 10.2. The van der Waals surface area contributed by atoms with Crippen LogP contribution in [-0.4, -0.2) is 24.5 Å². The minimum atomic E-state index is -0.993. The molecule has 4 nitrogen and oxygen atoms in total. The lowest BCUT2D eigenvalue weighted by Gasteiger charge is -2.06. The highest BCUT2D eigenvalue weighted by molar-refractivity contribution is 5.85. The molecule has 0 spiro atoms. The number of carbonyl (C=O) groups is 1. The Morgan fingerprint density at radius 2 is 2.00 bits per heavy atom. The molecule has 1 N–H and O–H groups in total. The van der Waals surface area contributed by atoms with Crippen LogP contribution in [0.3, 0.4) is 0 Å². The van der Waals surface area contributed by atoms with Crippen molar-refractivity contribution in [2.75, 3.05) is 13.4 Å². The minimum absolute atomic E-state index is 0.108. The Balaban J connectivity index is 2.09. The maximum absolute atomic E-state index is 10.4. The minimum Gasteiger partial charge on any atom is -0.478 e. The molecule has 0 aliphatic carbocycles. The highest BCUT2D eigenvalue weighted by Gasteiger charge is 2.02. The van der Waals surface area contributed by atoms with Crippen LogP contribution in [0.15, 0.2) is 42.5 Å². The number of rotatable bonds is 7. The molecule has 0 heterocycles. The summed E-state index contributed by atoms with van der Waals surface area (Å²) in [6.45, 7) is 3.79. The zero-order chi connectivity index (χ0) is 11.8. The van der Waals surface area contributed by atoms with Crippen LogP contribution >= 0.6 is 0 Å². The first-order chi connectivity index (χ1) is 7.70. The van der Waals surface area contributed by atoms with Crippen molar-refractivity contribution in [3.05, 3.63) is 42.5 Å². The Labute approximate surface area is 94.1 Å². The Morgan fingerprint density at radius 1 is 1.31 bits per heavy atom. The molecule has 0 aliphatic heterocycles. The van der Waals surface area contributed by atoms with Gasteiger partial charge in [-0.25, -0.2) is 4.79 Å². The predicted molar refractivity (Wildman–Crippen MR) is 59.3 cm³/mol. The molecule has 1 aromatic rings. The number of benzene rings is 1. The molecule has 0 fully saturated rings. The third-order valence-electron chi connectivity index (χ3n) is 1.90. The second-order valence-corrected chi connectivity index (χ2v) is 3.14. The van der Waals surface area contributed by atoms with Crippen molar-refractivity contribution in [3.8, 4) is 5.75 Å². The van der Waals surface area contributed by atoms with Gasteiger partial charge in [0.1, 0.15) is 5.75 Å². The largest absolute Gasteiger partial charge is 0.478 e. The molecule has 0 saturated carbocycles. The number of para-hydroxylation sites is 1. The van der Waals surface area contributed by atoms with E-state index in [9.17, 15) is 4.79 Å². The zero-order valence-corrected chi connectivity index (χ0v) is 8.89. The Kier molecular flexibility index (Phi) is 5.08. The molecule has 0 bridgehead atoms. The smallest absolute Gasteiger partial charge is 0.331 e. The molecule has 0 amide bonds. The SMILES string of the molecule is C=C(CCOCOc1ccccc1)C(=O)O. The van der Waals surface area contributed by atoms with E-state index in [1.165, 1.54) is 0 Å². The van der Waals surface area contributed by atoms with Gasteiger partial charge in [0.15, 0.2) is 6.79 Å². The summed E-state index contributed by atoms with van der Waals surface area (Å²) in [7, 11) is 0. The van der Waals surface area contributed by atoms with Gasteiger partial charge in [0.2, 0.25) is 0 Å². The van der Waals surface area contributed by atoms with Gasteiger partial charge in [-0.2, -0.15) is 0 Å². The van der Waals surface area contributed by atoms with Crippen LogP contribution in [0.25, 0.3) is 0 Å². The van der Waals surface area contributed by atoms with Gasteiger partial charge in [0.25, 0.3) is 0 Å². The average Bonchev–Trinajstić information content (AvgIpc) is 2.29. The van der Waals surface area contributed by atoms with Crippen molar-refractivity contribution >= 4 is 5.97 Å². The van der Waals surface area contributed by atoms with Gasteiger partial charge >= 0.3 is 5.97 Å². The standard InChI is InChI=1S/C12H14O4/c1-10(12(13)14)7-8-15-9-16-11-5-3-2-4-6-11/h2-6H,1,7-9H2,(H,13,14). The van der Waals surface area contributed by atoms with Crippen molar-refractivity contribution in [1.29, 1.82) is 0 Å². The van der Waals surface area contributed by atoms with Crippen molar-refractivity contribution in [1.82, 2.24) is 0 Å². The molecule has 0 aliphatic rings. The van der Waals surface area contributed by atoms with Crippen LogP contribution in [0, 0.1) is 0 Å². The molecular weight excluding hydrogens is 208 g/mol. The number of aliphatic carboxylic acids is 1. The molecule has 4 heteroatoms. The lowest BCUT2D eigenvalue weighted by Crippen LogP contribution is -2.07. The van der Waals surface area contributed by atoms with Crippen LogP contribution in [0.4, 0.5) is 0 Å². The fourth-order valence-corrected chi connectivity index (χ4v) is 0.988. The number of carboxylic acids is 1. The second kappa shape index (κ2) is 6.63. The fraction of sp³-hybridized carbons (Fsp3) is 0.250. The Bertz CT molecular complexity index is 345. The Morgan fingerprint density at radius 3 is 2.62 bits per heavy atom. The first-order valence-electron chi connectivity index (χ1n) is 4.87. The van der Waals surface area contributed by atoms with E-state index in [0.717, 1.165) is 5.75 Å². The van der Waals surface area contributed by atoms with E-state index in [4.69, 9.17) is 14.6 Å². The Hall–Kier alpha value is -1.81. The summed E-state index contributed by atoms with van der Waals surface area (Å²) in [5, 5.41) is 8.53. The van der Waals surface area contributed by atoms with E-state index in [1.54, 1.807) is 0 Å². The van der Waals surface area contributed by atoms with Gasteiger partial charge in [0, 0.05) is 12.0 Å². The molecule has 0 radical (unpaired) electrons. The molecule has 1 aromatic carbocycles. The number of hydrogen-bond acceptors (Lipinski definition) is 3. The molecule has 16 heavy (non-hydrogen) atoms. The molecule has 0 unspecified atom stereocenters.